The monoisotopic (exact) mass is 323 g/mol. The number of carbonyl (C=O) groups excluding carboxylic acids is 1. The van der Waals surface area contributed by atoms with Gasteiger partial charge in [0.05, 0.1) is 7.11 Å². The maximum atomic E-state index is 12.2. The molecule has 0 aliphatic carbocycles. The van der Waals surface area contributed by atoms with E-state index in [0.717, 1.165) is 24.2 Å². The Labute approximate surface area is 142 Å². The molecule has 0 atom stereocenters. The number of phenols is 1. The number of nitrogens with zero attached hydrogens (tertiary/aromatic N) is 1. The molecule has 2 aromatic carbocycles. The molecule has 124 valence electrons. The highest BCUT2D eigenvalue weighted by Crippen LogP contribution is 2.28. The minimum absolute atomic E-state index is 0.0799. The molecule has 4 nitrogen and oxygen atoms in total. The molecule has 0 bridgehead atoms. The van der Waals surface area contributed by atoms with Crippen LogP contribution in [0.15, 0.2) is 54.1 Å². The van der Waals surface area contributed by atoms with Crippen LogP contribution in [-0.2, 0) is 11.3 Å². The molecule has 0 unspecified atom stereocenters. The third-order valence-electron chi connectivity index (χ3n) is 4.20. The lowest BCUT2D eigenvalue weighted by Gasteiger charge is -2.27. The van der Waals surface area contributed by atoms with Gasteiger partial charge in [-0.15, -0.1) is 0 Å². The molecule has 1 N–H and O–H groups in total. The molecule has 0 aromatic heterocycles. The van der Waals surface area contributed by atoms with Gasteiger partial charge in [-0.1, -0.05) is 36.4 Å². The Kier molecular flexibility index (Phi) is 4.96. The molecule has 3 rings (SSSR count). The van der Waals surface area contributed by atoms with Crippen LogP contribution in [0, 0.1) is 0 Å². The van der Waals surface area contributed by atoms with E-state index < -0.39 is 0 Å². The maximum absolute atomic E-state index is 12.2. The number of aromatic hydroxyl groups is 1. The average Bonchev–Trinajstić information content (AvgIpc) is 2.59. The molecule has 0 spiro atoms. The van der Waals surface area contributed by atoms with Gasteiger partial charge in [-0.05, 0) is 29.3 Å². The average molecular weight is 323 g/mol. The lowest BCUT2D eigenvalue weighted by molar-refractivity contribution is -0.117. The summed E-state index contributed by atoms with van der Waals surface area (Å²) in [7, 11) is 1.51. The van der Waals surface area contributed by atoms with Gasteiger partial charge in [0.1, 0.15) is 0 Å². The fraction of sp³-hybridized carbons (Fsp3) is 0.250. The summed E-state index contributed by atoms with van der Waals surface area (Å²) in [5, 5.41) is 9.88. The highest BCUT2D eigenvalue weighted by molar-refractivity contribution is 6.00. The van der Waals surface area contributed by atoms with Gasteiger partial charge >= 0.3 is 0 Å². The summed E-state index contributed by atoms with van der Waals surface area (Å²) in [6.45, 7) is 2.23. The maximum Gasteiger partial charge on any atom is 0.161 e. The second-order valence-corrected chi connectivity index (χ2v) is 5.97. The smallest absolute Gasteiger partial charge is 0.161 e. The number of methoxy groups -OCH3 is 1. The summed E-state index contributed by atoms with van der Waals surface area (Å²) >= 11 is 0. The standard InChI is InChI=1S/C20H21NO3/c1-24-20-8-7-16(12-19(20)23)11-17-14-21(10-9-18(17)22)13-15-5-3-2-4-6-15/h2-8,11-12,23H,9-10,13-14H2,1H3/b17-11+. The Balaban J connectivity index is 1.76. The van der Waals surface area contributed by atoms with Crippen LogP contribution >= 0.6 is 0 Å². The van der Waals surface area contributed by atoms with Crippen LogP contribution in [0.1, 0.15) is 17.5 Å². The van der Waals surface area contributed by atoms with Crippen molar-refractivity contribution in [3.05, 3.63) is 65.2 Å². The van der Waals surface area contributed by atoms with Crippen LogP contribution in [-0.4, -0.2) is 36.0 Å². The van der Waals surface area contributed by atoms with E-state index in [9.17, 15) is 9.90 Å². The van der Waals surface area contributed by atoms with Gasteiger partial charge in [0.2, 0.25) is 0 Å². The molecule has 1 fully saturated rings. The third-order valence-corrected chi connectivity index (χ3v) is 4.20. The zero-order valence-corrected chi connectivity index (χ0v) is 13.7. The number of rotatable bonds is 4. The van der Waals surface area contributed by atoms with Crippen LogP contribution in [0.4, 0.5) is 0 Å². The zero-order valence-electron chi connectivity index (χ0n) is 13.7. The number of likely N-dealkylation sites (tertiary alicyclic amines) is 1. The first kappa shape index (κ1) is 16.3. The van der Waals surface area contributed by atoms with Gasteiger partial charge in [0.15, 0.2) is 17.3 Å². The van der Waals surface area contributed by atoms with Crippen LogP contribution in [0.3, 0.4) is 0 Å². The molecule has 0 amide bonds. The molecule has 24 heavy (non-hydrogen) atoms. The molecular formula is C20H21NO3. The third kappa shape index (κ3) is 3.84. The number of benzene rings is 2. The van der Waals surface area contributed by atoms with E-state index in [1.165, 1.54) is 12.7 Å². The van der Waals surface area contributed by atoms with Crippen molar-refractivity contribution in [2.24, 2.45) is 0 Å². The second kappa shape index (κ2) is 7.32. The SMILES string of the molecule is COc1ccc(/C=C2\CN(Cc3ccccc3)CCC2=O)cc1O. The van der Waals surface area contributed by atoms with E-state index in [1.54, 1.807) is 12.1 Å². The lowest BCUT2D eigenvalue weighted by atomic mass is 9.99. The first-order chi connectivity index (χ1) is 11.7. The highest BCUT2D eigenvalue weighted by Gasteiger charge is 2.21. The summed E-state index contributed by atoms with van der Waals surface area (Å²) < 4.78 is 5.05. The summed E-state index contributed by atoms with van der Waals surface area (Å²) in [5.74, 6) is 0.684. The number of ether oxygens (including phenoxy) is 1. The summed E-state index contributed by atoms with van der Waals surface area (Å²) in [5.41, 5.74) is 2.83. The lowest BCUT2D eigenvalue weighted by Crippen LogP contribution is -2.35. The van der Waals surface area contributed by atoms with Gasteiger partial charge in [0.25, 0.3) is 0 Å². The molecule has 1 aliphatic heterocycles. The molecule has 2 aromatic rings. The minimum atomic E-state index is 0.0799. The van der Waals surface area contributed by atoms with E-state index in [-0.39, 0.29) is 11.5 Å². The number of hydrogen-bond acceptors (Lipinski definition) is 4. The normalized spacial score (nSPS) is 17.2. The Morgan fingerprint density at radius 3 is 2.71 bits per heavy atom. The minimum Gasteiger partial charge on any atom is -0.504 e. The van der Waals surface area contributed by atoms with Crippen LogP contribution in [0.5, 0.6) is 11.5 Å². The molecule has 1 heterocycles. The van der Waals surface area contributed by atoms with Crippen molar-refractivity contribution in [2.45, 2.75) is 13.0 Å². The first-order valence-electron chi connectivity index (χ1n) is 8.03. The van der Waals surface area contributed by atoms with Gasteiger partial charge in [0, 0.05) is 31.6 Å². The topological polar surface area (TPSA) is 49.8 Å². The van der Waals surface area contributed by atoms with Crippen molar-refractivity contribution < 1.29 is 14.6 Å². The predicted molar refractivity (Wildman–Crippen MR) is 94.0 cm³/mol. The Bertz CT molecular complexity index is 753. The van der Waals surface area contributed by atoms with Crippen LogP contribution in [0.2, 0.25) is 0 Å². The Morgan fingerprint density at radius 2 is 2.00 bits per heavy atom. The number of carbonyl (C=O) groups is 1. The summed E-state index contributed by atoms with van der Waals surface area (Å²) in [4.78, 5) is 14.5. The zero-order chi connectivity index (χ0) is 16.9. The Morgan fingerprint density at radius 1 is 1.21 bits per heavy atom. The van der Waals surface area contributed by atoms with Crippen LogP contribution in [0.25, 0.3) is 6.08 Å². The molecule has 1 saturated heterocycles. The fourth-order valence-corrected chi connectivity index (χ4v) is 2.93. The number of Topliss-reactive ketones (excluding diaryl/α,β-unsaturated/α-hetero) is 1. The molecule has 0 saturated carbocycles. The van der Waals surface area contributed by atoms with Gasteiger partial charge in [-0.2, -0.15) is 0 Å². The van der Waals surface area contributed by atoms with Crippen LogP contribution < -0.4 is 4.74 Å². The molecular weight excluding hydrogens is 302 g/mol. The van der Waals surface area contributed by atoms with Gasteiger partial charge in [-0.3, -0.25) is 9.69 Å². The molecule has 0 radical (unpaired) electrons. The van der Waals surface area contributed by atoms with Crippen molar-refractivity contribution >= 4 is 11.9 Å². The number of ketones is 1. The first-order valence-corrected chi connectivity index (χ1v) is 8.03. The van der Waals surface area contributed by atoms with E-state index in [1.807, 2.05) is 30.3 Å². The van der Waals surface area contributed by atoms with Crippen molar-refractivity contribution in [2.75, 3.05) is 20.2 Å². The quantitative estimate of drug-likeness (QED) is 0.878. The van der Waals surface area contributed by atoms with Crippen molar-refractivity contribution in [1.82, 2.24) is 4.90 Å². The van der Waals surface area contributed by atoms with E-state index >= 15 is 0 Å². The van der Waals surface area contributed by atoms with E-state index in [0.29, 0.717) is 18.7 Å². The van der Waals surface area contributed by atoms with Crippen molar-refractivity contribution in [3.8, 4) is 11.5 Å². The fourth-order valence-electron chi connectivity index (χ4n) is 2.93. The van der Waals surface area contributed by atoms with Crippen molar-refractivity contribution in [1.29, 1.82) is 0 Å². The summed E-state index contributed by atoms with van der Waals surface area (Å²) in [6.07, 6.45) is 2.39. The predicted octanol–water partition coefficient (Wildman–Crippen LogP) is 3.26. The largest absolute Gasteiger partial charge is 0.504 e. The highest BCUT2D eigenvalue weighted by atomic mass is 16.5. The second-order valence-electron chi connectivity index (χ2n) is 5.97. The van der Waals surface area contributed by atoms with E-state index in [2.05, 4.69) is 17.0 Å². The van der Waals surface area contributed by atoms with Gasteiger partial charge < -0.3 is 9.84 Å². The summed E-state index contributed by atoms with van der Waals surface area (Å²) in [6, 6.07) is 15.4. The molecule has 1 aliphatic rings. The number of phenolic OH excluding ortho intramolecular Hbond substituents is 1. The number of piperidine rings is 1. The van der Waals surface area contributed by atoms with E-state index in [4.69, 9.17) is 4.74 Å². The molecule has 4 heteroatoms. The van der Waals surface area contributed by atoms with Crippen molar-refractivity contribution in [3.63, 3.8) is 0 Å². The Hall–Kier alpha value is -2.59. The van der Waals surface area contributed by atoms with Gasteiger partial charge in [-0.25, -0.2) is 0 Å². The number of hydrogen-bond donors (Lipinski definition) is 1.